The zero-order chi connectivity index (χ0) is 23.0. The molecule has 0 spiro atoms. The molecule has 0 aliphatic carbocycles. The minimum atomic E-state index is -4.49. The van der Waals surface area contributed by atoms with Gasteiger partial charge >= 0.3 is 12.1 Å². The Labute approximate surface area is 176 Å². The van der Waals surface area contributed by atoms with Crippen LogP contribution in [-0.2, 0) is 38.7 Å². The molecule has 0 aliphatic heterocycles. The van der Waals surface area contributed by atoms with E-state index in [0.29, 0.717) is 0 Å². The van der Waals surface area contributed by atoms with E-state index < -0.39 is 24.4 Å². The number of hydrogen-bond acceptors (Lipinski definition) is 6. The van der Waals surface area contributed by atoms with Gasteiger partial charge in [0, 0.05) is 11.1 Å². The maximum Gasteiger partial charge on any atom is 0.416 e. The maximum atomic E-state index is 13.5. The normalized spacial score (nSPS) is 12.5. The van der Waals surface area contributed by atoms with E-state index in [9.17, 15) is 22.4 Å². The molecule has 10 heteroatoms. The van der Waals surface area contributed by atoms with Crippen molar-refractivity contribution >= 4 is 17.4 Å². The third kappa shape index (κ3) is 6.03. The second kappa shape index (κ2) is 10.6. The molecule has 2 aromatic rings. The number of benzene rings is 2. The molecule has 0 aromatic heterocycles. The quantitative estimate of drug-likeness (QED) is 0.260. The molecule has 0 saturated carbocycles. The highest BCUT2D eigenvalue weighted by Crippen LogP contribution is 2.29. The number of nitrogens with zero attached hydrogens (tertiary/aromatic N) is 2. The summed E-state index contributed by atoms with van der Waals surface area (Å²) in [5, 5.41) is 7.49. The summed E-state index contributed by atoms with van der Waals surface area (Å²) in [7, 11) is 2.40. The Balaban J connectivity index is 2.33. The molecule has 31 heavy (non-hydrogen) atoms. The van der Waals surface area contributed by atoms with Crippen LogP contribution >= 0.6 is 0 Å². The lowest BCUT2D eigenvalue weighted by Crippen LogP contribution is -2.20. The first-order chi connectivity index (χ1) is 14.7. The Bertz CT molecular complexity index is 988. The molecule has 0 unspecified atom stereocenters. The summed E-state index contributed by atoms with van der Waals surface area (Å²) in [4.78, 5) is 22.0. The van der Waals surface area contributed by atoms with Crippen LogP contribution in [0, 0.1) is 0 Å². The third-order valence-corrected chi connectivity index (χ3v) is 4.25. The van der Waals surface area contributed by atoms with Crippen molar-refractivity contribution in [3.8, 4) is 0 Å². The van der Waals surface area contributed by atoms with Crippen LogP contribution < -0.4 is 0 Å². The summed E-state index contributed by atoms with van der Waals surface area (Å²) >= 11 is 0. The minimum absolute atomic E-state index is 0.184. The van der Waals surface area contributed by atoms with Gasteiger partial charge in [0.05, 0.1) is 18.4 Å². The van der Waals surface area contributed by atoms with Gasteiger partial charge in [-0.05, 0) is 30.2 Å². The smallest absolute Gasteiger partial charge is 0.416 e. The van der Waals surface area contributed by atoms with Gasteiger partial charge in [0.15, 0.2) is 5.71 Å². The molecule has 2 aromatic carbocycles. The van der Waals surface area contributed by atoms with Crippen LogP contribution in [0.5, 0.6) is 0 Å². The van der Waals surface area contributed by atoms with Gasteiger partial charge < -0.3 is 14.4 Å². The van der Waals surface area contributed by atoms with E-state index in [1.54, 1.807) is 0 Å². The molecular weight excluding hydrogens is 420 g/mol. The van der Waals surface area contributed by atoms with E-state index in [0.717, 1.165) is 19.2 Å². The van der Waals surface area contributed by atoms with Gasteiger partial charge in [0.2, 0.25) is 0 Å². The van der Waals surface area contributed by atoms with Crippen LogP contribution in [0.2, 0.25) is 0 Å². The average molecular weight is 440 g/mol. The maximum absolute atomic E-state index is 13.5. The summed E-state index contributed by atoms with van der Waals surface area (Å²) in [6.45, 7) is 0.347. The molecule has 0 fully saturated rings. The molecule has 0 saturated heterocycles. The Hall–Kier alpha value is -3.43. The number of rotatable bonds is 8. The molecule has 0 N–H and O–H groups in total. The number of methoxy groups -OCH3 is 1. The van der Waals surface area contributed by atoms with E-state index in [-0.39, 0.29) is 40.3 Å². The highest BCUT2D eigenvalue weighted by Gasteiger charge is 2.30. The van der Waals surface area contributed by atoms with Gasteiger partial charge in [-0.1, -0.05) is 40.6 Å². The van der Waals surface area contributed by atoms with E-state index in [4.69, 9.17) is 4.84 Å². The van der Waals surface area contributed by atoms with E-state index in [1.165, 1.54) is 44.4 Å². The van der Waals surface area contributed by atoms with Gasteiger partial charge in [-0.3, -0.25) is 0 Å². The Kier molecular flexibility index (Phi) is 8.12. The van der Waals surface area contributed by atoms with Crippen LogP contribution in [0.15, 0.2) is 52.8 Å². The first-order valence-electron chi connectivity index (χ1n) is 8.93. The summed E-state index contributed by atoms with van der Waals surface area (Å²) in [5.74, 6) is -0.803. The molecule has 166 valence electrons. The molecule has 0 aliphatic rings. The molecular formula is C21H20F4N2O4. The van der Waals surface area contributed by atoms with E-state index in [2.05, 4.69) is 19.9 Å². The fraction of sp³-hybridized carbons (Fsp3) is 0.286. The predicted molar refractivity (Wildman–Crippen MR) is 105 cm³/mol. The first-order valence-corrected chi connectivity index (χ1v) is 8.93. The lowest BCUT2D eigenvalue weighted by Gasteiger charge is -2.13. The highest BCUT2D eigenvalue weighted by molar-refractivity contribution is 6.43. The van der Waals surface area contributed by atoms with Crippen molar-refractivity contribution in [1.82, 2.24) is 0 Å². The van der Waals surface area contributed by atoms with Crippen molar-refractivity contribution in [2.24, 2.45) is 10.3 Å². The zero-order valence-corrected chi connectivity index (χ0v) is 17.0. The van der Waals surface area contributed by atoms with Crippen molar-refractivity contribution < 1.29 is 36.8 Å². The molecule has 0 radical (unpaired) electrons. The number of halogens is 4. The Morgan fingerprint density at radius 2 is 1.77 bits per heavy atom. The minimum Gasteiger partial charge on any atom is -0.464 e. The number of carbonyl (C=O) groups excluding carboxylic acids is 1. The SMILES string of the molecule is CO/N=C(/C(=O)OC)c1cccc(CF)c1CO/N=C(\C)c1cccc(C(F)(F)F)c1. The number of carbonyl (C=O) groups is 1. The number of oxime groups is 2. The van der Waals surface area contributed by atoms with Crippen molar-refractivity contribution in [3.63, 3.8) is 0 Å². The molecule has 0 bridgehead atoms. The largest absolute Gasteiger partial charge is 0.464 e. The number of hydrogen-bond donors (Lipinski definition) is 0. The van der Waals surface area contributed by atoms with Crippen LogP contribution in [-0.4, -0.2) is 31.6 Å². The van der Waals surface area contributed by atoms with E-state index >= 15 is 0 Å². The van der Waals surface area contributed by atoms with Crippen LogP contribution in [0.3, 0.4) is 0 Å². The number of alkyl halides is 4. The lowest BCUT2D eigenvalue weighted by atomic mass is 9.98. The predicted octanol–water partition coefficient (Wildman–Crippen LogP) is 4.64. The van der Waals surface area contributed by atoms with Gasteiger partial charge in [-0.25, -0.2) is 9.18 Å². The van der Waals surface area contributed by atoms with Gasteiger partial charge in [-0.15, -0.1) is 0 Å². The van der Waals surface area contributed by atoms with Crippen LogP contribution in [0.25, 0.3) is 0 Å². The fourth-order valence-corrected chi connectivity index (χ4v) is 2.70. The summed E-state index contributed by atoms with van der Waals surface area (Å²) in [6, 6.07) is 9.15. The van der Waals surface area contributed by atoms with Crippen LogP contribution in [0.4, 0.5) is 17.6 Å². The van der Waals surface area contributed by atoms with Crippen molar-refractivity contribution in [2.75, 3.05) is 14.2 Å². The number of esters is 1. The van der Waals surface area contributed by atoms with Crippen LogP contribution in [0.1, 0.15) is 34.7 Å². The lowest BCUT2D eigenvalue weighted by molar-refractivity contribution is -0.137. The monoisotopic (exact) mass is 440 g/mol. The summed E-state index contributed by atoms with van der Waals surface area (Å²) in [6.07, 6.45) is -4.49. The Morgan fingerprint density at radius 1 is 1.06 bits per heavy atom. The average Bonchev–Trinajstić information content (AvgIpc) is 2.76. The highest BCUT2D eigenvalue weighted by atomic mass is 19.4. The molecule has 0 atom stereocenters. The standard InChI is InChI=1S/C21H20F4N2O4/c1-13(14-6-4-8-16(10-14)21(23,24)25)26-31-12-18-15(11-22)7-5-9-17(18)19(27-30-3)20(28)29-2/h4-10H,11-12H2,1-3H3/b26-13+,27-19+. The zero-order valence-electron chi connectivity index (χ0n) is 17.0. The third-order valence-electron chi connectivity index (χ3n) is 4.25. The van der Waals surface area contributed by atoms with Gasteiger partial charge in [-0.2, -0.15) is 13.2 Å². The molecule has 0 amide bonds. The summed E-state index contributed by atoms with van der Waals surface area (Å²) < 4.78 is 56.9. The van der Waals surface area contributed by atoms with Gasteiger partial charge in [0.25, 0.3) is 0 Å². The number of ether oxygens (including phenoxy) is 1. The second-order valence-corrected chi connectivity index (χ2v) is 6.22. The van der Waals surface area contributed by atoms with Gasteiger partial charge in [0.1, 0.15) is 20.4 Å². The topological polar surface area (TPSA) is 69.5 Å². The molecule has 2 rings (SSSR count). The fourth-order valence-electron chi connectivity index (χ4n) is 2.70. The molecule has 0 heterocycles. The van der Waals surface area contributed by atoms with Crippen molar-refractivity contribution in [1.29, 1.82) is 0 Å². The Morgan fingerprint density at radius 3 is 2.39 bits per heavy atom. The first kappa shape index (κ1) is 23.8. The van der Waals surface area contributed by atoms with Crippen molar-refractivity contribution in [3.05, 3.63) is 70.3 Å². The van der Waals surface area contributed by atoms with E-state index in [1.807, 2.05) is 0 Å². The summed E-state index contributed by atoms with van der Waals surface area (Å²) in [5.41, 5.74) is 0.0921. The van der Waals surface area contributed by atoms with Crippen molar-refractivity contribution in [2.45, 2.75) is 26.4 Å². The molecule has 6 nitrogen and oxygen atoms in total. The second-order valence-electron chi connectivity index (χ2n) is 6.22.